The standard InChI is InChI=1S/C27H22N2O6/c1-15-8-13-21-19(14-15)28-25(31)27(2,35-21)26(32)29-22-18-6-4-5-7-20(18)34-24(22)23(30)16-9-11-17(33-3)12-10-16/h4-14H,1-3H3,(H,28,31)(H,29,32). The van der Waals surface area contributed by atoms with Gasteiger partial charge in [-0.1, -0.05) is 18.2 Å². The molecule has 1 aliphatic rings. The van der Waals surface area contributed by atoms with E-state index in [4.69, 9.17) is 13.9 Å². The van der Waals surface area contributed by atoms with Crippen LogP contribution in [-0.4, -0.2) is 30.3 Å². The Labute approximate surface area is 200 Å². The second kappa shape index (κ2) is 8.32. The van der Waals surface area contributed by atoms with Crippen molar-refractivity contribution in [1.82, 2.24) is 0 Å². The van der Waals surface area contributed by atoms with Crippen LogP contribution in [0.3, 0.4) is 0 Å². The number of nitrogens with one attached hydrogen (secondary N) is 2. The summed E-state index contributed by atoms with van der Waals surface area (Å²) in [5, 5.41) is 5.98. The number of carbonyl (C=O) groups is 3. The van der Waals surface area contributed by atoms with Gasteiger partial charge in [0.05, 0.1) is 18.5 Å². The van der Waals surface area contributed by atoms with Crippen LogP contribution in [0, 0.1) is 6.92 Å². The fourth-order valence-corrected chi connectivity index (χ4v) is 3.92. The fourth-order valence-electron chi connectivity index (χ4n) is 3.92. The molecule has 0 fully saturated rings. The van der Waals surface area contributed by atoms with Crippen molar-refractivity contribution >= 4 is 39.9 Å². The van der Waals surface area contributed by atoms with E-state index in [0.717, 1.165) is 5.56 Å². The van der Waals surface area contributed by atoms with Crippen molar-refractivity contribution in [2.24, 2.45) is 0 Å². The van der Waals surface area contributed by atoms with Crippen LogP contribution >= 0.6 is 0 Å². The van der Waals surface area contributed by atoms with Gasteiger partial charge < -0.3 is 24.5 Å². The molecule has 5 rings (SSSR count). The smallest absolute Gasteiger partial charge is 0.278 e. The van der Waals surface area contributed by atoms with Crippen LogP contribution in [0.15, 0.2) is 71.1 Å². The highest BCUT2D eigenvalue weighted by Gasteiger charge is 2.48. The van der Waals surface area contributed by atoms with Crippen molar-refractivity contribution in [3.8, 4) is 11.5 Å². The molecular weight excluding hydrogens is 448 g/mol. The van der Waals surface area contributed by atoms with Crippen molar-refractivity contribution < 1.29 is 28.3 Å². The van der Waals surface area contributed by atoms with Gasteiger partial charge >= 0.3 is 0 Å². The van der Waals surface area contributed by atoms with Gasteiger partial charge in [-0.2, -0.15) is 0 Å². The molecule has 1 unspecified atom stereocenters. The minimum Gasteiger partial charge on any atom is -0.497 e. The first-order valence-corrected chi connectivity index (χ1v) is 10.9. The van der Waals surface area contributed by atoms with Crippen LogP contribution < -0.4 is 20.1 Å². The topological polar surface area (TPSA) is 107 Å². The van der Waals surface area contributed by atoms with E-state index in [0.29, 0.717) is 33.7 Å². The Morgan fingerprint density at radius 1 is 1.03 bits per heavy atom. The second-order valence-corrected chi connectivity index (χ2v) is 8.40. The first-order chi connectivity index (χ1) is 16.8. The average molecular weight is 470 g/mol. The lowest BCUT2D eigenvalue weighted by atomic mass is 10.0. The molecule has 2 heterocycles. The van der Waals surface area contributed by atoms with Crippen molar-refractivity contribution in [2.45, 2.75) is 19.4 Å². The second-order valence-electron chi connectivity index (χ2n) is 8.40. The maximum absolute atomic E-state index is 13.4. The van der Waals surface area contributed by atoms with Crippen LogP contribution in [0.25, 0.3) is 11.0 Å². The van der Waals surface area contributed by atoms with Crippen LogP contribution in [0.2, 0.25) is 0 Å². The van der Waals surface area contributed by atoms with Gasteiger partial charge in [0.25, 0.3) is 17.4 Å². The fraction of sp³-hybridized carbons (Fsp3) is 0.148. The van der Waals surface area contributed by atoms with E-state index in [2.05, 4.69) is 10.6 Å². The van der Waals surface area contributed by atoms with Gasteiger partial charge in [-0.3, -0.25) is 14.4 Å². The van der Waals surface area contributed by atoms with E-state index < -0.39 is 23.2 Å². The Morgan fingerprint density at radius 3 is 2.51 bits per heavy atom. The minimum absolute atomic E-state index is 0.0550. The van der Waals surface area contributed by atoms with Crippen molar-refractivity contribution in [3.05, 3.63) is 83.6 Å². The molecule has 0 saturated carbocycles. The number of aryl methyl sites for hydroxylation is 1. The average Bonchev–Trinajstić information content (AvgIpc) is 3.23. The highest BCUT2D eigenvalue weighted by Crippen LogP contribution is 2.37. The Kier molecular flexibility index (Phi) is 5.28. The molecule has 0 spiro atoms. The highest BCUT2D eigenvalue weighted by atomic mass is 16.5. The molecular formula is C27H22N2O6. The zero-order valence-corrected chi connectivity index (χ0v) is 19.3. The van der Waals surface area contributed by atoms with Crippen LogP contribution in [0.5, 0.6) is 11.5 Å². The number of ether oxygens (including phenoxy) is 2. The van der Waals surface area contributed by atoms with E-state index in [1.165, 1.54) is 14.0 Å². The summed E-state index contributed by atoms with van der Waals surface area (Å²) in [6.07, 6.45) is 0. The van der Waals surface area contributed by atoms with Gasteiger partial charge in [-0.15, -0.1) is 0 Å². The van der Waals surface area contributed by atoms with Crippen molar-refractivity contribution in [1.29, 1.82) is 0 Å². The van der Waals surface area contributed by atoms with Gasteiger partial charge in [0, 0.05) is 10.9 Å². The summed E-state index contributed by atoms with van der Waals surface area (Å²) in [5.74, 6) is -0.872. The molecule has 4 aromatic rings. The Balaban J connectivity index is 1.52. The molecule has 0 radical (unpaired) electrons. The molecule has 8 heteroatoms. The molecule has 35 heavy (non-hydrogen) atoms. The number of hydrogen-bond acceptors (Lipinski definition) is 6. The summed E-state index contributed by atoms with van der Waals surface area (Å²) in [5.41, 5.74) is 0.485. The Bertz CT molecular complexity index is 1490. The maximum atomic E-state index is 13.4. The number of anilines is 2. The Morgan fingerprint density at radius 2 is 1.77 bits per heavy atom. The number of rotatable bonds is 5. The largest absolute Gasteiger partial charge is 0.497 e. The van der Waals surface area contributed by atoms with E-state index in [9.17, 15) is 14.4 Å². The third kappa shape index (κ3) is 3.78. The highest BCUT2D eigenvalue weighted by molar-refractivity contribution is 6.23. The van der Waals surface area contributed by atoms with Gasteiger partial charge in [0.15, 0.2) is 5.76 Å². The number of methoxy groups -OCH3 is 1. The lowest BCUT2D eigenvalue weighted by Crippen LogP contribution is -2.56. The number of ketones is 1. The third-order valence-electron chi connectivity index (χ3n) is 5.96. The number of amides is 2. The number of carbonyl (C=O) groups excluding carboxylic acids is 3. The van der Waals surface area contributed by atoms with Crippen LogP contribution in [-0.2, 0) is 9.59 Å². The van der Waals surface area contributed by atoms with E-state index in [1.807, 2.05) is 13.0 Å². The third-order valence-corrected chi connectivity index (χ3v) is 5.96. The normalized spacial score (nSPS) is 16.7. The molecule has 1 aromatic heterocycles. The molecule has 176 valence electrons. The van der Waals surface area contributed by atoms with Crippen LogP contribution in [0.1, 0.15) is 28.6 Å². The summed E-state index contributed by atoms with van der Waals surface area (Å²) < 4.78 is 16.9. The number of benzene rings is 3. The van der Waals surface area contributed by atoms with Crippen molar-refractivity contribution in [2.75, 3.05) is 17.7 Å². The minimum atomic E-state index is -1.87. The number of hydrogen-bond donors (Lipinski definition) is 2. The van der Waals surface area contributed by atoms with Crippen molar-refractivity contribution in [3.63, 3.8) is 0 Å². The summed E-state index contributed by atoms with van der Waals surface area (Å²) in [6, 6.07) is 18.8. The SMILES string of the molecule is COc1ccc(C(=O)c2oc3ccccc3c2NC(=O)C2(C)Oc3ccc(C)cc3NC2=O)cc1. The molecule has 0 saturated heterocycles. The van der Waals surface area contributed by atoms with E-state index >= 15 is 0 Å². The molecule has 2 amide bonds. The lowest BCUT2D eigenvalue weighted by Gasteiger charge is -2.33. The summed E-state index contributed by atoms with van der Waals surface area (Å²) in [7, 11) is 1.54. The molecule has 0 bridgehead atoms. The van der Waals surface area contributed by atoms with Gasteiger partial charge in [-0.25, -0.2) is 0 Å². The van der Waals surface area contributed by atoms with E-state index in [1.54, 1.807) is 60.7 Å². The van der Waals surface area contributed by atoms with Crippen LogP contribution in [0.4, 0.5) is 11.4 Å². The molecule has 2 N–H and O–H groups in total. The molecule has 3 aromatic carbocycles. The molecule has 1 atom stereocenters. The Hall–Kier alpha value is -4.59. The molecule has 0 aliphatic carbocycles. The predicted molar refractivity (Wildman–Crippen MR) is 130 cm³/mol. The summed E-state index contributed by atoms with van der Waals surface area (Å²) >= 11 is 0. The first-order valence-electron chi connectivity index (χ1n) is 10.9. The zero-order valence-electron chi connectivity index (χ0n) is 19.3. The summed E-state index contributed by atoms with van der Waals surface area (Å²) in [4.78, 5) is 39.7. The molecule has 8 nitrogen and oxygen atoms in total. The maximum Gasteiger partial charge on any atom is 0.278 e. The predicted octanol–water partition coefficient (Wildman–Crippen LogP) is 4.71. The quantitative estimate of drug-likeness (QED) is 0.323. The number of fused-ring (bicyclic) bond motifs is 2. The number of furan rings is 1. The van der Waals surface area contributed by atoms with E-state index in [-0.39, 0.29) is 11.4 Å². The van der Waals surface area contributed by atoms with Gasteiger partial charge in [-0.05, 0) is 67.9 Å². The lowest BCUT2D eigenvalue weighted by molar-refractivity contribution is -0.143. The number of para-hydroxylation sites is 1. The zero-order chi connectivity index (χ0) is 24.7. The van der Waals surface area contributed by atoms with Gasteiger partial charge in [0.1, 0.15) is 17.1 Å². The first kappa shape index (κ1) is 22.2. The monoisotopic (exact) mass is 470 g/mol. The van der Waals surface area contributed by atoms with Gasteiger partial charge in [0.2, 0.25) is 5.78 Å². The molecule has 1 aliphatic heterocycles. The summed E-state index contributed by atoms with van der Waals surface area (Å²) in [6.45, 7) is 3.27.